The van der Waals surface area contributed by atoms with Crippen molar-refractivity contribution >= 4 is 43.0 Å². The molecule has 1 fully saturated rings. The minimum Gasteiger partial charge on any atom is -0.370 e. The Morgan fingerprint density at radius 2 is 1.88 bits per heavy atom. The predicted octanol–water partition coefficient (Wildman–Crippen LogP) is 2.96. The predicted molar refractivity (Wildman–Crippen MR) is 108 cm³/mol. The van der Waals surface area contributed by atoms with E-state index in [1.165, 1.54) is 0 Å². The topological polar surface area (TPSA) is 75.6 Å². The maximum Gasteiger partial charge on any atom is 0.134 e. The lowest BCUT2D eigenvalue weighted by Crippen LogP contribution is -2.27. The number of nitrogens with zero attached hydrogens (tertiary/aromatic N) is 4. The van der Waals surface area contributed by atoms with Gasteiger partial charge in [0.25, 0.3) is 0 Å². The largest absolute Gasteiger partial charge is 0.370 e. The third-order valence-electron chi connectivity index (χ3n) is 3.88. The fraction of sp³-hybridized carbons (Fsp3) is 0.500. The normalized spacial score (nSPS) is 13.8. The van der Waals surface area contributed by atoms with Gasteiger partial charge in [-0.3, -0.25) is 9.97 Å². The molecule has 1 aliphatic rings. The SMILES string of the molecule is Cc1cc(NCCc2cnccn2)nc(C2CCNCC2)n1.Cl.Cl.Cl. The Morgan fingerprint density at radius 3 is 2.56 bits per heavy atom. The van der Waals surface area contributed by atoms with Crippen molar-refractivity contribution in [1.29, 1.82) is 0 Å². The van der Waals surface area contributed by atoms with Gasteiger partial charge in [0.15, 0.2) is 0 Å². The quantitative estimate of drug-likeness (QED) is 0.793. The number of hydrogen-bond donors (Lipinski definition) is 2. The van der Waals surface area contributed by atoms with Crippen molar-refractivity contribution < 1.29 is 0 Å². The Labute approximate surface area is 167 Å². The molecule has 1 aliphatic heterocycles. The summed E-state index contributed by atoms with van der Waals surface area (Å²) in [5.41, 5.74) is 2.00. The van der Waals surface area contributed by atoms with Crippen molar-refractivity contribution in [2.24, 2.45) is 0 Å². The van der Waals surface area contributed by atoms with Gasteiger partial charge in [-0.2, -0.15) is 0 Å². The van der Waals surface area contributed by atoms with Gasteiger partial charge in [-0.1, -0.05) is 0 Å². The first-order valence-electron chi connectivity index (χ1n) is 7.86. The molecule has 3 rings (SSSR count). The standard InChI is InChI=1S/C16H22N6.3ClH/c1-12-10-15(20-7-4-14-11-18-8-9-19-14)22-16(21-12)13-2-5-17-6-3-13;;;/h8-11,13,17H,2-7H2,1H3,(H,20,21,22);3*1H. The van der Waals surface area contributed by atoms with Gasteiger partial charge < -0.3 is 10.6 Å². The fourth-order valence-electron chi connectivity index (χ4n) is 2.72. The average molecular weight is 408 g/mol. The smallest absolute Gasteiger partial charge is 0.134 e. The zero-order valence-electron chi connectivity index (χ0n) is 14.1. The third-order valence-corrected chi connectivity index (χ3v) is 3.88. The van der Waals surface area contributed by atoms with E-state index in [0.29, 0.717) is 5.92 Å². The van der Waals surface area contributed by atoms with E-state index in [0.717, 1.165) is 61.9 Å². The first-order valence-corrected chi connectivity index (χ1v) is 7.86. The lowest BCUT2D eigenvalue weighted by Gasteiger charge is -2.22. The lowest BCUT2D eigenvalue weighted by atomic mass is 9.97. The van der Waals surface area contributed by atoms with Gasteiger partial charge in [0, 0.05) is 49.2 Å². The van der Waals surface area contributed by atoms with E-state index < -0.39 is 0 Å². The zero-order valence-corrected chi connectivity index (χ0v) is 16.6. The summed E-state index contributed by atoms with van der Waals surface area (Å²) in [5, 5.41) is 6.76. The molecule has 0 radical (unpaired) electrons. The molecule has 9 heteroatoms. The maximum atomic E-state index is 4.70. The van der Waals surface area contributed by atoms with E-state index >= 15 is 0 Å². The van der Waals surface area contributed by atoms with Crippen LogP contribution in [-0.2, 0) is 6.42 Å². The van der Waals surface area contributed by atoms with Gasteiger partial charge in [0.1, 0.15) is 11.6 Å². The molecule has 0 bridgehead atoms. The van der Waals surface area contributed by atoms with Crippen LogP contribution in [0.2, 0.25) is 0 Å². The Bertz CT molecular complexity index is 608. The first-order chi connectivity index (χ1) is 10.8. The van der Waals surface area contributed by atoms with E-state index in [1.54, 1.807) is 18.6 Å². The number of nitrogens with one attached hydrogen (secondary N) is 2. The molecule has 0 saturated carbocycles. The van der Waals surface area contributed by atoms with Crippen LogP contribution < -0.4 is 10.6 Å². The molecular weight excluding hydrogens is 383 g/mol. The molecule has 2 aromatic rings. The minimum absolute atomic E-state index is 0. The van der Waals surface area contributed by atoms with Crippen LogP contribution in [0.15, 0.2) is 24.7 Å². The van der Waals surface area contributed by atoms with Crippen LogP contribution in [0.3, 0.4) is 0 Å². The summed E-state index contributed by atoms with van der Waals surface area (Å²) in [7, 11) is 0. The van der Waals surface area contributed by atoms with Crippen LogP contribution in [0, 0.1) is 6.92 Å². The van der Waals surface area contributed by atoms with Crippen molar-refractivity contribution in [2.75, 3.05) is 25.0 Å². The zero-order chi connectivity index (χ0) is 15.2. The van der Waals surface area contributed by atoms with Gasteiger partial charge in [0.2, 0.25) is 0 Å². The molecular formula is C16H25Cl3N6. The summed E-state index contributed by atoms with van der Waals surface area (Å²) >= 11 is 0. The molecule has 1 saturated heterocycles. The van der Waals surface area contributed by atoms with Gasteiger partial charge >= 0.3 is 0 Å². The summed E-state index contributed by atoms with van der Waals surface area (Å²) in [6, 6.07) is 2.00. The van der Waals surface area contributed by atoms with Gasteiger partial charge in [-0.25, -0.2) is 9.97 Å². The van der Waals surface area contributed by atoms with E-state index in [4.69, 9.17) is 4.98 Å². The highest BCUT2D eigenvalue weighted by Gasteiger charge is 2.18. The van der Waals surface area contributed by atoms with E-state index in [2.05, 4.69) is 25.6 Å². The number of anilines is 1. The number of rotatable bonds is 5. The second kappa shape index (κ2) is 12.2. The molecule has 0 unspecified atom stereocenters. The van der Waals surface area contributed by atoms with Crippen molar-refractivity contribution in [2.45, 2.75) is 32.1 Å². The lowest BCUT2D eigenvalue weighted by molar-refractivity contribution is 0.444. The highest BCUT2D eigenvalue weighted by molar-refractivity contribution is 5.86. The van der Waals surface area contributed by atoms with Gasteiger partial charge in [0.05, 0.1) is 5.69 Å². The Kier molecular flexibility index (Phi) is 11.6. The Morgan fingerprint density at radius 1 is 1.12 bits per heavy atom. The number of hydrogen-bond acceptors (Lipinski definition) is 6. The second-order valence-electron chi connectivity index (χ2n) is 5.65. The Hall–Kier alpha value is -1.21. The highest BCUT2D eigenvalue weighted by Crippen LogP contribution is 2.23. The van der Waals surface area contributed by atoms with Crippen LogP contribution in [0.25, 0.3) is 0 Å². The van der Waals surface area contributed by atoms with E-state index in [-0.39, 0.29) is 37.2 Å². The van der Waals surface area contributed by atoms with Crippen LogP contribution in [0.1, 0.15) is 36.0 Å². The van der Waals surface area contributed by atoms with Crippen LogP contribution in [0.5, 0.6) is 0 Å². The molecule has 0 amide bonds. The molecule has 2 aromatic heterocycles. The summed E-state index contributed by atoms with van der Waals surface area (Å²) in [5.74, 6) is 2.36. The van der Waals surface area contributed by atoms with Crippen molar-refractivity contribution in [3.63, 3.8) is 0 Å². The monoisotopic (exact) mass is 406 g/mol. The number of halogens is 3. The number of aryl methyl sites for hydroxylation is 1. The summed E-state index contributed by atoms with van der Waals surface area (Å²) < 4.78 is 0. The number of aromatic nitrogens is 4. The molecule has 0 atom stereocenters. The van der Waals surface area contributed by atoms with Crippen molar-refractivity contribution in [3.8, 4) is 0 Å². The maximum absolute atomic E-state index is 4.70. The average Bonchev–Trinajstić information content (AvgIpc) is 2.56. The van der Waals surface area contributed by atoms with Crippen molar-refractivity contribution in [1.82, 2.24) is 25.3 Å². The second-order valence-corrected chi connectivity index (χ2v) is 5.65. The third kappa shape index (κ3) is 7.28. The van der Waals surface area contributed by atoms with Gasteiger partial charge in [-0.15, -0.1) is 37.2 Å². The molecule has 140 valence electrons. The van der Waals surface area contributed by atoms with Crippen LogP contribution in [-0.4, -0.2) is 39.6 Å². The highest BCUT2D eigenvalue weighted by atomic mass is 35.5. The summed E-state index contributed by atoms with van der Waals surface area (Å²) in [6.45, 7) is 4.93. The molecule has 3 heterocycles. The molecule has 0 aromatic carbocycles. The summed E-state index contributed by atoms with van der Waals surface area (Å²) in [4.78, 5) is 17.7. The molecule has 0 spiro atoms. The summed E-state index contributed by atoms with van der Waals surface area (Å²) in [6.07, 6.45) is 8.27. The minimum atomic E-state index is 0. The van der Waals surface area contributed by atoms with E-state index in [1.807, 2.05) is 13.0 Å². The van der Waals surface area contributed by atoms with Crippen LogP contribution >= 0.6 is 37.2 Å². The van der Waals surface area contributed by atoms with Crippen molar-refractivity contribution in [3.05, 3.63) is 41.9 Å². The molecule has 2 N–H and O–H groups in total. The molecule has 0 aliphatic carbocycles. The molecule has 6 nitrogen and oxygen atoms in total. The van der Waals surface area contributed by atoms with Gasteiger partial charge in [-0.05, 0) is 32.9 Å². The van der Waals surface area contributed by atoms with E-state index in [9.17, 15) is 0 Å². The fourth-order valence-corrected chi connectivity index (χ4v) is 2.72. The Balaban J connectivity index is 0.00000192. The number of piperidine rings is 1. The molecule has 25 heavy (non-hydrogen) atoms. The first kappa shape index (κ1) is 23.8. The van der Waals surface area contributed by atoms with Crippen LogP contribution in [0.4, 0.5) is 5.82 Å².